The first kappa shape index (κ1) is 10.4. The average Bonchev–Trinajstić information content (AvgIpc) is 2.70. The van der Waals surface area contributed by atoms with Gasteiger partial charge in [-0.1, -0.05) is 0 Å². The van der Waals surface area contributed by atoms with Crippen LogP contribution in [0.25, 0.3) is 5.65 Å². The van der Waals surface area contributed by atoms with Crippen molar-refractivity contribution in [1.29, 1.82) is 0 Å². The Morgan fingerprint density at radius 1 is 1.38 bits per heavy atom. The Morgan fingerprint density at radius 2 is 2.12 bits per heavy atom. The van der Waals surface area contributed by atoms with Gasteiger partial charge in [0.1, 0.15) is 11.3 Å². The van der Waals surface area contributed by atoms with E-state index in [1.54, 1.807) is 22.7 Å². The highest BCUT2D eigenvalue weighted by Gasteiger charge is 2.11. The first-order valence-corrected chi connectivity index (χ1v) is 4.70. The van der Waals surface area contributed by atoms with Gasteiger partial charge in [0.25, 0.3) is 0 Å². The van der Waals surface area contributed by atoms with Gasteiger partial charge < -0.3 is 4.74 Å². The van der Waals surface area contributed by atoms with E-state index in [1.807, 2.05) is 0 Å². The van der Waals surface area contributed by atoms with Crippen LogP contribution in [0.2, 0.25) is 0 Å². The average molecular weight is 218 g/mol. The van der Waals surface area contributed by atoms with Crippen molar-refractivity contribution in [2.24, 2.45) is 0 Å². The Kier molecular flexibility index (Phi) is 2.44. The molecule has 0 aromatic carbocycles. The second-order valence-electron chi connectivity index (χ2n) is 3.34. The van der Waals surface area contributed by atoms with Gasteiger partial charge in [0.05, 0.1) is 18.9 Å². The monoisotopic (exact) mass is 218 g/mol. The molecule has 0 amide bonds. The molecule has 2 aromatic heterocycles. The van der Waals surface area contributed by atoms with Crippen molar-refractivity contribution in [3.8, 4) is 0 Å². The van der Waals surface area contributed by atoms with E-state index >= 15 is 0 Å². The zero-order valence-corrected chi connectivity index (χ0v) is 8.93. The van der Waals surface area contributed by atoms with E-state index in [9.17, 15) is 9.59 Å². The number of fused-ring (bicyclic) bond motifs is 1. The quantitative estimate of drug-likeness (QED) is 0.563. The van der Waals surface area contributed by atoms with Crippen LogP contribution in [0.5, 0.6) is 0 Å². The van der Waals surface area contributed by atoms with Crippen LogP contribution in [0.4, 0.5) is 0 Å². The summed E-state index contributed by atoms with van der Waals surface area (Å²) in [4.78, 5) is 26.7. The first-order valence-electron chi connectivity index (χ1n) is 4.70. The predicted octanol–water partition coefficient (Wildman–Crippen LogP) is 1.32. The standard InChI is InChI=1S/C11H10N2O3/c1-7(14)9-5-12-10-4-3-8(6-13(9)10)11(15)16-2/h3-6H,1-2H3. The second-order valence-corrected chi connectivity index (χ2v) is 3.34. The number of ketones is 1. The zero-order chi connectivity index (χ0) is 11.7. The van der Waals surface area contributed by atoms with Gasteiger partial charge in [-0.25, -0.2) is 9.78 Å². The third-order valence-electron chi connectivity index (χ3n) is 2.29. The van der Waals surface area contributed by atoms with Crippen molar-refractivity contribution < 1.29 is 14.3 Å². The molecule has 0 aliphatic carbocycles. The van der Waals surface area contributed by atoms with Crippen LogP contribution in [-0.4, -0.2) is 28.2 Å². The number of imidazole rings is 1. The lowest BCUT2D eigenvalue weighted by Gasteiger charge is -2.01. The number of nitrogens with zero attached hydrogens (tertiary/aromatic N) is 2. The van der Waals surface area contributed by atoms with E-state index < -0.39 is 5.97 Å². The number of pyridine rings is 1. The number of methoxy groups -OCH3 is 1. The van der Waals surface area contributed by atoms with Crippen molar-refractivity contribution in [3.63, 3.8) is 0 Å². The minimum Gasteiger partial charge on any atom is -0.465 e. The number of carbonyl (C=O) groups excluding carboxylic acids is 2. The molecule has 16 heavy (non-hydrogen) atoms. The lowest BCUT2D eigenvalue weighted by Crippen LogP contribution is -2.05. The smallest absolute Gasteiger partial charge is 0.339 e. The van der Waals surface area contributed by atoms with E-state index in [0.29, 0.717) is 16.9 Å². The maximum Gasteiger partial charge on any atom is 0.339 e. The van der Waals surface area contributed by atoms with E-state index in [4.69, 9.17) is 0 Å². The molecule has 0 N–H and O–H groups in total. The van der Waals surface area contributed by atoms with Crippen LogP contribution in [0.15, 0.2) is 24.5 Å². The first-order chi connectivity index (χ1) is 7.63. The molecule has 0 aliphatic heterocycles. The minimum atomic E-state index is -0.440. The number of Topliss-reactive ketones (excluding diaryl/α,β-unsaturated/α-hetero) is 1. The fourth-order valence-corrected chi connectivity index (χ4v) is 1.48. The van der Waals surface area contributed by atoms with Crippen molar-refractivity contribution in [1.82, 2.24) is 9.38 Å². The van der Waals surface area contributed by atoms with Gasteiger partial charge in [-0.3, -0.25) is 9.20 Å². The summed E-state index contributed by atoms with van der Waals surface area (Å²) in [5.41, 5.74) is 1.45. The van der Waals surface area contributed by atoms with Crippen molar-refractivity contribution in [3.05, 3.63) is 35.8 Å². The normalized spacial score (nSPS) is 10.4. The largest absolute Gasteiger partial charge is 0.465 e. The highest BCUT2D eigenvalue weighted by atomic mass is 16.5. The molecule has 0 spiro atoms. The SMILES string of the molecule is COC(=O)c1ccc2ncc(C(C)=O)n2c1. The Balaban J connectivity index is 2.63. The molecular formula is C11H10N2O3. The van der Waals surface area contributed by atoms with Gasteiger partial charge in [-0.2, -0.15) is 0 Å². The summed E-state index contributed by atoms with van der Waals surface area (Å²) in [5, 5.41) is 0. The molecule has 5 heteroatoms. The van der Waals surface area contributed by atoms with Gasteiger partial charge >= 0.3 is 5.97 Å². The van der Waals surface area contributed by atoms with Gasteiger partial charge in [-0.05, 0) is 12.1 Å². The third kappa shape index (κ3) is 1.56. The topological polar surface area (TPSA) is 60.7 Å². The molecule has 82 valence electrons. The molecule has 0 fully saturated rings. The Labute approximate surface area is 91.7 Å². The van der Waals surface area contributed by atoms with Gasteiger partial charge in [0.2, 0.25) is 0 Å². The Morgan fingerprint density at radius 3 is 2.75 bits per heavy atom. The van der Waals surface area contributed by atoms with Gasteiger partial charge in [0, 0.05) is 13.1 Å². The molecule has 2 rings (SSSR count). The fraction of sp³-hybridized carbons (Fsp3) is 0.182. The fourth-order valence-electron chi connectivity index (χ4n) is 1.48. The van der Waals surface area contributed by atoms with Crippen LogP contribution >= 0.6 is 0 Å². The molecule has 0 aliphatic rings. The van der Waals surface area contributed by atoms with E-state index in [-0.39, 0.29) is 5.78 Å². The summed E-state index contributed by atoms with van der Waals surface area (Å²) in [7, 11) is 1.31. The maximum atomic E-state index is 11.3. The number of hydrogen-bond donors (Lipinski definition) is 0. The predicted molar refractivity (Wildman–Crippen MR) is 56.5 cm³/mol. The minimum absolute atomic E-state index is 0.102. The molecule has 0 radical (unpaired) electrons. The third-order valence-corrected chi connectivity index (χ3v) is 2.29. The number of carbonyl (C=O) groups is 2. The van der Waals surface area contributed by atoms with E-state index in [2.05, 4.69) is 9.72 Å². The second kappa shape index (κ2) is 3.77. The van der Waals surface area contributed by atoms with Gasteiger partial charge in [-0.15, -0.1) is 0 Å². The number of esters is 1. The van der Waals surface area contributed by atoms with Crippen LogP contribution in [-0.2, 0) is 4.74 Å². The number of aromatic nitrogens is 2. The lowest BCUT2D eigenvalue weighted by atomic mass is 10.3. The van der Waals surface area contributed by atoms with Crippen LogP contribution in [0.3, 0.4) is 0 Å². The van der Waals surface area contributed by atoms with Crippen LogP contribution in [0, 0.1) is 0 Å². The summed E-state index contributed by atoms with van der Waals surface area (Å²) in [6.45, 7) is 1.45. The number of rotatable bonds is 2. The van der Waals surface area contributed by atoms with Crippen molar-refractivity contribution in [2.45, 2.75) is 6.92 Å². The molecular weight excluding hydrogens is 208 g/mol. The molecule has 5 nitrogen and oxygen atoms in total. The highest BCUT2D eigenvalue weighted by Crippen LogP contribution is 2.10. The molecule has 0 unspecified atom stereocenters. The van der Waals surface area contributed by atoms with E-state index in [1.165, 1.54) is 20.2 Å². The molecule has 2 aromatic rings. The molecule has 0 atom stereocenters. The summed E-state index contributed by atoms with van der Waals surface area (Å²) < 4.78 is 6.18. The van der Waals surface area contributed by atoms with Crippen molar-refractivity contribution in [2.75, 3.05) is 7.11 Å². The molecule has 0 bridgehead atoms. The van der Waals surface area contributed by atoms with Crippen molar-refractivity contribution >= 4 is 17.4 Å². The lowest BCUT2D eigenvalue weighted by molar-refractivity contribution is 0.0600. The summed E-state index contributed by atoms with van der Waals surface area (Å²) in [6.07, 6.45) is 3.03. The van der Waals surface area contributed by atoms with Gasteiger partial charge in [0.15, 0.2) is 5.78 Å². The number of hydrogen-bond acceptors (Lipinski definition) is 4. The molecule has 0 saturated heterocycles. The van der Waals surface area contributed by atoms with E-state index in [0.717, 1.165) is 0 Å². The molecule has 2 heterocycles. The summed E-state index contributed by atoms with van der Waals surface area (Å²) in [6, 6.07) is 3.27. The summed E-state index contributed by atoms with van der Waals surface area (Å²) >= 11 is 0. The molecule has 0 saturated carbocycles. The van der Waals surface area contributed by atoms with Crippen LogP contribution < -0.4 is 0 Å². The number of ether oxygens (including phenoxy) is 1. The zero-order valence-electron chi connectivity index (χ0n) is 8.93. The highest BCUT2D eigenvalue weighted by molar-refractivity contribution is 5.94. The summed E-state index contributed by atoms with van der Waals surface area (Å²) in [5.74, 6) is -0.542. The maximum absolute atomic E-state index is 11.3. The Hall–Kier alpha value is -2.17. The van der Waals surface area contributed by atoms with Crippen LogP contribution in [0.1, 0.15) is 27.8 Å². The Bertz CT molecular complexity index is 572.